The second-order valence-electron chi connectivity index (χ2n) is 19.0. The monoisotopic (exact) mass is 861 g/mol. The van der Waals surface area contributed by atoms with Gasteiger partial charge in [0.05, 0.1) is 6.61 Å². The van der Waals surface area contributed by atoms with Crippen molar-refractivity contribution in [3.8, 4) is 0 Å². The normalized spacial score (nSPS) is 12.7. The molecule has 0 saturated carbocycles. The first kappa shape index (κ1) is 59.6. The van der Waals surface area contributed by atoms with Crippen molar-refractivity contribution in [1.29, 1.82) is 0 Å². The third-order valence-electron chi connectivity index (χ3n) is 12.9. The Morgan fingerprint density at radius 1 is 0.344 bits per heavy atom. The van der Waals surface area contributed by atoms with Crippen LogP contribution in [-0.2, 0) is 14.4 Å². The van der Waals surface area contributed by atoms with E-state index in [9.17, 15) is 24.6 Å². The maximum absolute atomic E-state index is 12.3. The van der Waals surface area contributed by atoms with Crippen LogP contribution in [0.2, 0.25) is 0 Å². The molecule has 0 aromatic carbocycles. The van der Waals surface area contributed by atoms with Crippen LogP contribution in [0.15, 0.2) is 12.2 Å². The van der Waals surface area contributed by atoms with Gasteiger partial charge in [-0.2, -0.15) is 0 Å². The molecule has 0 aromatic heterocycles. The zero-order valence-electron chi connectivity index (χ0n) is 40.6. The fraction of sp³-hybridized carbons (Fsp3) is 0.909. The minimum atomic E-state index is -1.46. The molecule has 0 radical (unpaired) electrons. The number of aliphatic hydroxyl groups excluding tert-OH is 3. The highest BCUT2D eigenvalue weighted by Crippen LogP contribution is 2.18. The molecule has 2 atom stereocenters. The van der Waals surface area contributed by atoms with E-state index in [1.807, 2.05) is 0 Å². The second kappa shape index (κ2) is 49.6. The Morgan fingerprint density at radius 3 is 0.836 bits per heavy atom. The van der Waals surface area contributed by atoms with E-state index < -0.39 is 18.8 Å². The van der Waals surface area contributed by atoms with Gasteiger partial charge in [0.15, 0.2) is 5.78 Å². The molecule has 2 unspecified atom stereocenters. The molecule has 6 heteroatoms. The van der Waals surface area contributed by atoms with Crippen LogP contribution in [0.1, 0.15) is 302 Å². The van der Waals surface area contributed by atoms with E-state index in [-0.39, 0.29) is 12.2 Å². The Labute approximate surface area is 379 Å². The number of hydrogen-bond acceptors (Lipinski definition) is 6. The van der Waals surface area contributed by atoms with E-state index in [4.69, 9.17) is 5.11 Å². The van der Waals surface area contributed by atoms with Crippen molar-refractivity contribution in [2.75, 3.05) is 6.61 Å². The van der Waals surface area contributed by atoms with Crippen molar-refractivity contribution in [2.45, 2.75) is 314 Å². The summed E-state index contributed by atoms with van der Waals surface area (Å²) in [6.07, 6.45) is 56.9. The van der Waals surface area contributed by atoms with Gasteiger partial charge in [-0.25, -0.2) is 0 Å². The van der Waals surface area contributed by atoms with Crippen molar-refractivity contribution in [1.82, 2.24) is 0 Å². The van der Waals surface area contributed by atoms with Gasteiger partial charge in [0.1, 0.15) is 23.8 Å². The van der Waals surface area contributed by atoms with Crippen LogP contribution < -0.4 is 0 Å². The van der Waals surface area contributed by atoms with E-state index in [1.54, 1.807) is 0 Å². The highest BCUT2D eigenvalue weighted by Gasteiger charge is 2.22. The summed E-state index contributed by atoms with van der Waals surface area (Å²) in [5.74, 6) is 0.593. The van der Waals surface area contributed by atoms with Gasteiger partial charge >= 0.3 is 0 Å². The lowest BCUT2D eigenvalue weighted by atomic mass is 10.0. The SMILES string of the molecule is CCCCCCCC/C=C\CCCCCCCC(=O)CCCCCCCCCCCCCCCC(=O)CCCCCCCCCCCCCCCCCC(=O)C(O)C(O)CO. The van der Waals surface area contributed by atoms with Gasteiger partial charge in [-0.1, -0.05) is 225 Å². The molecule has 0 aromatic rings. The van der Waals surface area contributed by atoms with Crippen molar-refractivity contribution in [3.63, 3.8) is 0 Å². The molecule has 0 spiro atoms. The molecule has 61 heavy (non-hydrogen) atoms. The fourth-order valence-electron chi connectivity index (χ4n) is 8.61. The number of rotatable bonds is 52. The van der Waals surface area contributed by atoms with Gasteiger partial charge in [-0.3, -0.25) is 14.4 Å². The van der Waals surface area contributed by atoms with Crippen molar-refractivity contribution in [2.24, 2.45) is 0 Å². The third kappa shape index (κ3) is 46.4. The van der Waals surface area contributed by atoms with Crippen molar-refractivity contribution in [3.05, 3.63) is 12.2 Å². The molecule has 0 amide bonds. The average Bonchev–Trinajstić information content (AvgIpc) is 3.26. The molecular weight excluding hydrogens is 757 g/mol. The van der Waals surface area contributed by atoms with Crippen LogP contribution in [0, 0.1) is 0 Å². The maximum Gasteiger partial charge on any atom is 0.164 e. The summed E-state index contributed by atoms with van der Waals surface area (Å²) in [6, 6.07) is 0. The fourth-order valence-corrected chi connectivity index (χ4v) is 8.61. The zero-order valence-corrected chi connectivity index (χ0v) is 40.6. The Bertz CT molecular complexity index is 962. The lowest BCUT2D eigenvalue weighted by Gasteiger charge is -2.13. The topological polar surface area (TPSA) is 112 Å². The molecule has 6 nitrogen and oxygen atoms in total. The largest absolute Gasteiger partial charge is 0.394 e. The summed E-state index contributed by atoms with van der Waals surface area (Å²) in [6.45, 7) is 1.69. The first-order valence-corrected chi connectivity index (χ1v) is 27.1. The Balaban J connectivity index is 3.27. The van der Waals surface area contributed by atoms with Gasteiger partial charge < -0.3 is 15.3 Å². The summed E-state index contributed by atoms with van der Waals surface area (Å²) >= 11 is 0. The Morgan fingerprint density at radius 2 is 0.574 bits per heavy atom. The van der Waals surface area contributed by atoms with Crippen LogP contribution in [0.25, 0.3) is 0 Å². The van der Waals surface area contributed by atoms with Crippen molar-refractivity contribution >= 4 is 17.3 Å². The minimum absolute atomic E-state index is 0.269. The van der Waals surface area contributed by atoms with E-state index in [0.717, 1.165) is 70.6 Å². The zero-order chi connectivity index (χ0) is 44.5. The van der Waals surface area contributed by atoms with Gasteiger partial charge in [0, 0.05) is 32.1 Å². The molecule has 0 heterocycles. The lowest BCUT2D eigenvalue weighted by Crippen LogP contribution is -2.36. The van der Waals surface area contributed by atoms with Crippen LogP contribution in [-0.4, -0.2) is 51.5 Å². The van der Waals surface area contributed by atoms with Gasteiger partial charge in [0.25, 0.3) is 0 Å². The van der Waals surface area contributed by atoms with Gasteiger partial charge in [-0.15, -0.1) is 0 Å². The van der Waals surface area contributed by atoms with E-state index in [1.165, 1.54) is 218 Å². The first-order valence-electron chi connectivity index (χ1n) is 27.1. The van der Waals surface area contributed by atoms with E-state index >= 15 is 0 Å². The summed E-state index contributed by atoms with van der Waals surface area (Å²) < 4.78 is 0. The highest BCUT2D eigenvalue weighted by molar-refractivity contribution is 5.83. The molecule has 0 rings (SSSR count). The Kier molecular flexibility index (Phi) is 48.5. The molecule has 0 bridgehead atoms. The number of carbonyl (C=O) groups excluding carboxylic acids is 3. The number of allylic oxidation sites excluding steroid dienone is 2. The standard InChI is InChI=1S/C55H104O6/c1-2-3-4-5-6-7-8-9-11-15-20-25-30-35-40-45-51(57)47-42-37-32-27-22-17-14-18-23-28-33-38-43-48-52(58)46-41-36-31-26-21-16-12-10-13-19-24-29-34-39-44-49-53(59)55(61)54(60)50-56/h9,11,54-56,60-61H,2-8,10,12-50H2,1H3/b11-9-. The minimum Gasteiger partial charge on any atom is -0.394 e. The number of hydrogen-bond donors (Lipinski definition) is 3. The average molecular weight is 861 g/mol. The summed E-state index contributed by atoms with van der Waals surface area (Å²) in [5, 5.41) is 27.7. The van der Waals surface area contributed by atoms with Gasteiger partial charge in [-0.05, 0) is 57.8 Å². The number of carbonyl (C=O) groups is 3. The molecule has 0 fully saturated rings. The molecule has 0 aliphatic rings. The molecule has 360 valence electrons. The third-order valence-corrected chi connectivity index (χ3v) is 12.9. The first-order chi connectivity index (χ1) is 29.9. The number of unbranched alkanes of at least 4 members (excludes halogenated alkanes) is 37. The van der Waals surface area contributed by atoms with Crippen LogP contribution in [0.5, 0.6) is 0 Å². The van der Waals surface area contributed by atoms with Crippen LogP contribution in [0.3, 0.4) is 0 Å². The molecule has 0 aliphatic carbocycles. The van der Waals surface area contributed by atoms with E-state index in [2.05, 4.69) is 19.1 Å². The lowest BCUT2D eigenvalue weighted by molar-refractivity contribution is -0.134. The molecular formula is C55H104O6. The quantitative estimate of drug-likeness (QED) is 0.0415. The highest BCUT2D eigenvalue weighted by atomic mass is 16.4. The number of Topliss-reactive ketones (excluding diaryl/α,β-unsaturated/α-hetero) is 3. The smallest absolute Gasteiger partial charge is 0.164 e. The predicted molar refractivity (Wildman–Crippen MR) is 261 cm³/mol. The summed E-state index contributed by atoms with van der Waals surface area (Å²) in [7, 11) is 0. The molecule has 0 saturated heterocycles. The number of aliphatic hydroxyl groups is 3. The predicted octanol–water partition coefficient (Wildman–Crippen LogP) is 15.9. The Hall–Kier alpha value is -1.37. The summed E-state index contributed by atoms with van der Waals surface area (Å²) in [4.78, 5) is 36.3. The maximum atomic E-state index is 12.3. The summed E-state index contributed by atoms with van der Waals surface area (Å²) in [5.41, 5.74) is 0. The number of ketones is 3. The van der Waals surface area contributed by atoms with Crippen LogP contribution >= 0.6 is 0 Å². The van der Waals surface area contributed by atoms with Crippen molar-refractivity contribution < 1.29 is 29.7 Å². The van der Waals surface area contributed by atoms with E-state index in [0.29, 0.717) is 11.6 Å². The van der Waals surface area contributed by atoms with Crippen LogP contribution in [0.4, 0.5) is 0 Å². The molecule has 3 N–H and O–H groups in total. The van der Waals surface area contributed by atoms with Gasteiger partial charge in [0.2, 0.25) is 0 Å². The molecule has 0 aliphatic heterocycles. The second-order valence-corrected chi connectivity index (χ2v) is 19.0.